The first-order chi connectivity index (χ1) is 9.31. The molecule has 4 rings (SSSR count). The Morgan fingerprint density at radius 2 is 2.16 bits per heavy atom. The van der Waals surface area contributed by atoms with Crippen LogP contribution in [0.15, 0.2) is 0 Å². The highest BCUT2D eigenvalue weighted by atomic mass is 32.1. The van der Waals surface area contributed by atoms with Gasteiger partial charge in [-0.2, -0.15) is 9.61 Å². The smallest absolute Gasteiger partial charge is 0.234 e. The molecule has 2 aliphatic rings. The van der Waals surface area contributed by atoms with Gasteiger partial charge in [0.1, 0.15) is 5.01 Å². The van der Waals surface area contributed by atoms with E-state index in [4.69, 9.17) is 15.6 Å². The average molecular weight is 279 g/mol. The quantitative estimate of drug-likeness (QED) is 0.896. The monoisotopic (exact) mass is 279 g/mol. The summed E-state index contributed by atoms with van der Waals surface area (Å²) in [6.07, 6.45) is 4.31. The van der Waals surface area contributed by atoms with Crippen LogP contribution in [0.25, 0.3) is 4.96 Å². The second-order valence-corrected chi connectivity index (χ2v) is 6.51. The third-order valence-corrected chi connectivity index (χ3v) is 5.21. The average Bonchev–Trinajstić information content (AvgIpc) is 3.11. The molecule has 3 atom stereocenters. The molecule has 2 aromatic heterocycles. The highest BCUT2D eigenvalue weighted by Gasteiger charge is 2.29. The number of nitrogens with two attached hydrogens (primary N) is 1. The van der Waals surface area contributed by atoms with Crippen LogP contribution in [0.4, 0.5) is 0 Å². The topological polar surface area (TPSA) is 78.3 Å². The molecular formula is C12H17N5OS. The van der Waals surface area contributed by atoms with E-state index in [9.17, 15) is 0 Å². The molecule has 102 valence electrons. The maximum Gasteiger partial charge on any atom is 0.234 e. The SMILES string of the molecule is N[C@H]1CC[C@@H](c2nn3c(C4CCOC4)nnc3s2)C1. The summed E-state index contributed by atoms with van der Waals surface area (Å²) >= 11 is 1.66. The lowest BCUT2D eigenvalue weighted by atomic mass is 10.1. The van der Waals surface area contributed by atoms with E-state index in [0.717, 1.165) is 54.7 Å². The number of aromatic nitrogens is 4. The largest absolute Gasteiger partial charge is 0.381 e. The minimum atomic E-state index is 0.335. The first kappa shape index (κ1) is 11.7. The zero-order valence-corrected chi connectivity index (χ0v) is 11.5. The summed E-state index contributed by atoms with van der Waals surface area (Å²) in [4.78, 5) is 0.900. The third-order valence-electron chi connectivity index (χ3n) is 4.15. The molecule has 2 N–H and O–H groups in total. The van der Waals surface area contributed by atoms with Crippen LogP contribution >= 0.6 is 11.3 Å². The molecule has 1 saturated carbocycles. The number of ether oxygens (including phenoxy) is 1. The number of rotatable bonds is 2. The lowest BCUT2D eigenvalue weighted by molar-refractivity contribution is 0.193. The molecule has 1 unspecified atom stereocenters. The first-order valence-corrected chi connectivity index (χ1v) is 7.68. The lowest BCUT2D eigenvalue weighted by Crippen LogP contribution is -2.14. The van der Waals surface area contributed by atoms with Gasteiger partial charge in [-0.1, -0.05) is 11.3 Å². The van der Waals surface area contributed by atoms with E-state index >= 15 is 0 Å². The zero-order chi connectivity index (χ0) is 12.8. The van der Waals surface area contributed by atoms with E-state index in [1.807, 2.05) is 4.52 Å². The Balaban J connectivity index is 1.67. The molecule has 0 amide bonds. The van der Waals surface area contributed by atoms with Crippen LogP contribution in [0, 0.1) is 0 Å². The molecule has 1 aliphatic carbocycles. The van der Waals surface area contributed by atoms with E-state index in [1.165, 1.54) is 0 Å². The van der Waals surface area contributed by atoms with Crippen molar-refractivity contribution in [1.82, 2.24) is 19.8 Å². The van der Waals surface area contributed by atoms with Crippen LogP contribution in [0.2, 0.25) is 0 Å². The number of hydrogen-bond acceptors (Lipinski definition) is 6. The van der Waals surface area contributed by atoms with E-state index < -0.39 is 0 Å². The van der Waals surface area contributed by atoms with Gasteiger partial charge in [0.25, 0.3) is 0 Å². The highest BCUT2D eigenvalue weighted by Crippen LogP contribution is 2.36. The van der Waals surface area contributed by atoms with Gasteiger partial charge in [0.2, 0.25) is 4.96 Å². The second kappa shape index (κ2) is 4.50. The Labute approximate surface area is 115 Å². The summed E-state index contributed by atoms with van der Waals surface area (Å²) in [6, 6.07) is 0.335. The van der Waals surface area contributed by atoms with E-state index in [-0.39, 0.29) is 0 Å². The molecular weight excluding hydrogens is 262 g/mol. The minimum Gasteiger partial charge on any atom is -0.381 e. The predicted molar refractivity (Wildman–Crippen MR) is 71.4 cm³/mol. The van der Waals surface area contributed by atoms with Crippen LogP contribution in [0.3, 0.4) is 0 Å². The zero-order valence-electron chi connectivity index (χ0n) is 10.7. The molecule has 2 fully saturated rings. The third kappa shape index (κ3) is 1.96. The summed E-state index contributed by atoms with van der Waals surface area (Å²) in [6.45, 7) is 1.55. The van der Waals surface area contributed by atoms with Gasteiger partial charge >= 0.3 is 0 Å². The summed E-state index contributed by atoms with van der Waals surface area (Å²) < 4.78 is 7.35. The van der Waals surface area contributed by atoms with Crippen LogP contribution in [-0.4, -0.2) is 39.1 Å². The predicted octanol–water partition coefficient (Wildman–Crippen LogP) is 1.28. The molecule has 2 aromatic rings. The van der Waals surface area contributed by atoms with Crippen molar-refractivity contribution < 1.29 is 4.74 Å². The molecule has 6 nitrogen and oxygen atoms in total. The molecule has 7 heteroatoms. The molecule has 3 heterocycles. The van der Waals surface area contributed by atoms with Crippen LogP contribution in [-0.2, 0) is 4.74 Å². The van der Waals surface area contributed by atoms with Crippen molar-refractivity contribution in [3.8, 4) is 0 Å². The maximum absolute atomic E-state index is 5.99. The number of hydrogen-bond donors (Lipinski definition) is 1. The fourth-order valence-corrected chi connectivity index (χ4v) is 4.04. The van der Waals surface area contributed by atoms with Crippen molar-refractivity contribution in [2.75, 3.05) is 13.2 Å². The van der Waals surface area contributed by atoms with Crippen molar-refractivity contribution in [3.05, 3.63) is 10.8 Å². The van der Waals surface area contributed by atoms with E-state index in [0.29, 0.717) is 17.9 Å². The van der Waals surface area contributed by atoms with Gasteiger partial charge in [0.05, 0.1) is 6.61 Å². The van der Waals surface area contributed by atoms with Crippen molar-refractivity contribution in [2.45, 2.75) is 43.6 Å². The summed E-state index contributed by atoms with van der Waals surface area (Å²) in [5, 5.41) is 14.4. The van der Waals surface area contributed by atoms with Gasteiger partial charge in [0, 0.05) is 24.5 Å². The lowest BCUT2D eigenvalue weighted by Gasteiger charge is -2.04. The molecule has 0 radical (unpaired) electrons. The second-order valence-electron chi connectivity index (χ2n) is 5.52. The standard InChI is InChI=1S/C12H17N5OS/c13-9-2-1-7(5-9)11-16-17-10(8-3-4-18-6-8)14-15-12(17)19-11/h7-9H,1-6,13H2/t7-,8?,9+/m1/s1. The summed E-state index contributed by atoms with van der Waals surface area (Å²) in [5.41, 5.74) is 5.99. The Morgan fingerprint density at radius 3 is 2.89 bits per heavy atom. The van der Waals surface area contributed by atoms with E-state index in [1.54, 1.807) is 11.3 Å². The van der Waals surface area contributed by atoms with Gasteiger partial charge in [-0.05, 0) is 25.7 Å². The van der Waals surface area contributed by atoms with Crippen LogP contribution < -0.4 is 5.73 Å². The normalized spacial score (nSPS) is 31.5. The highest BCUT2D eigenvalue weighted by molar-refractivity contribution is 7.16. The first-order valence-electron chi connectivity index (χ1n) is 6.86. The molecule has 1 aliphatic heterocycles. The molecule has 1 saturated heterocycles. The van der Waals surface area contributed by atoms with Crippen molar-refractivity contribution in [2.24, 2.45) is 5.73 Å². The van der Waals surface area contributed by atoms with Crippen LogP contribution in [0.5, 0.6) is 0 Å². The molecule has 0 bridgehead atoms. The summed E-state index contributed by atoms with van der Waals surface area (Å²) in [5.74, 6) is 1.81. The molecule has 0 spiro atoms. The van der Waals surface area contributed by atoms with Crippen molar-refractivity contribution >= 4 is 16.3 Å². The molecule has 19 heavy (non-hydrogen) atoms. The number of fused-ring (bicyclic) bond motifs is 1. The Morgan fingerprint density at radius 1 is 1.21 bits per heavy atom. The van der Waals surface area contributed by atoms with Gasteiger partial charge in [-0.3, -0.25) is 0 Å². The summed E-state index contributed by atoms with van der Waals surface area (Å²) in [7, 11) is 0. The maximum atomic E-state index is 5.99. The van der Waals surface area contributed by atoms with Crippen LogP contribution in [0.1, 0.15) is 48.4 Å². The van der Waals surface area contributed by atoms with Gasteiger partial charge in [-0.15, -0.1) is 10.2 Å². The Kier molecular flexibility index (Phi) is 2.78. The van der Waals surface area contributed by atoms with Gasteiger partial charge in [0.15, 0.2) is 5.82 Å². The van der Waals surface area contributed by atoms with Gasteiger partial charge in [-0.25, -0.2) is 0 Å². The number of nitrogens with zero attached hydrogens (tertiary/aromatic N) is 4. The minimum absolute atomic E-state index is 0.335. The fourth-order valence-electron chi connectivity index (χ4n) is 3.05. The fraction of sp³-hybridized carbons (Fsp3) is 0.750. The van der Waals surface area contributed by atoms with Crippen molar-refractivity contribution in [1.29, 1.82) is 0 Å². The Bertz CT molecular complexity index is 588. The molecule has 0 aromatic carbocycles. The Hall–Kier alpha value is -1.05. The van der Waals surface area contributed by atoms with Gasteiger partial charge < -0.3 is 10.5 Å². The van der Waals surface area contributed by atoms with E-state index in [2.05, 4.69) is 10.2 Å². The van der Waals surface area contributed by atoms with Crippen molar-refractivity contribution in [3.63, 3.8) is 0 Å².